The predicted molar refractivity (Wildman–Crippen MR) is 90.1 cm³/mol. The summed E-state index contributed by atoms with van der Waals surface area (Å²) in [5.74, 6) is -0.0586. The Kier molecular flexibility index (Phi) is 12.6. The highest BCUT2D eigenvalue weighted by Gasteiger charge is 2.09. The SMILES string of the molecule is CC(CN)C(=O)NCCCN(C)c1ccccc1.Cl.Cl. The second-order valence-corrected chi connectivity index (χ2v) is 4.54. The first-order chi connectivity index (χ1) is 8.65. The summed E-state index contributed by atoms with van der Waals surface area (Å²) in [7, 11) is 2.06. The predicted octanol–water partition coefficient (Wildman–Crippen LogP) is 2.07. The van der Waals surface area contributed by atoms with E-state index in [1.165, 1.54) is 5.69 Å². The number of para-hydroxylation sites is 1. The third-order valence-corrected chi connectivity index (χ3v) is 2.97. The summed E-state index contributed by atoms with van der Waals surface area (Å²) in [5, 5.41) is 2.89. The molecule has 0 aliphatic carbocycles. The molecule has 0 bridgehead atoms. The molecule has 0 spiro atoms. The molecule has 1 rings (SSSR count). The number of nitrogens with zero attached hydrogens (tertiary/aromatic N) is 1. The van der Waals surface area contributed by atoms with Crippen LogP contribution in [0.2, 0.25) is 0 Å². The Bertz CT molecular complexity index is 363. The third kappa shape index (κ3) is 7.58. The molecule has 1 aromatic rings. The Labute approximate surface area is 133 Å². The van der Waals surface area contributed by atoms with Gasteiger partial charge in [-0.05, 0) is 18.6 Å². The van der Waals surface area contributed by atoms with Crippen molar-refractivity contribution in [1.82, 2.24) is 5.32 Å². The summed E-state index contributed by atoms with van der Waals surface area (Å²) in [6.45, 7) is 3.85. The molecule has 1 aromatic carbocycles. The van der Waals surface area contributed by atoms with Crippen LogP contribution in [0.25, 0.3) is 0 Å². The number of anilines is 1. The first-order valence-corrected chi connectivity index (χ1v) is 6.39. The molecule has 0 fully saturated rings. The summed E-state index contributed by atoms with van der Waals surface area (Å²) in [5.41, 5.74) is 6.63. The van der Waals surface area contributed by atoms with E-state index in [0.717, 1.165) is 13.0 Å². The van der Waals surface area contributed by atoms with Crippen LogP contribution in [-0.2, 0) is 4.79 Å². The normalized spacial score (nSPS) is 10.8. The number of amides is 1. The van der Waals surface area contributed by atoms with Gasteiger partial charge in [0.05, 0.1) is 0 Å². The first-order valence-electron chi connectivity index (χ1n) is 6.39. The van der Waals surface area contributed by atoms with E-state index < -0.39 is 0 Å². The number of halogens is 2. The van der Waals surface area contributed by atoms with Crippen molar-refractivity contribution in [2.24, 2.45) is 11.7 Å². The van der Waals surface area contributed by atoms with Gasteiger partial charge in [-0.1, -0.05) is 25.1 Å². The fourth-order valence-electron chi connectivity index (χ4n) is 1.62. The van der Waals surface area contributed by atoms with Crippen LogP contribution < -0.4 is 16.0 Å². The van der Waals surface area contributed by atoms with Gasteiger partial charge in [-0.25, -0.2) is 0 Å². The van der Waals surface area contributed by atoms with Gasteiger partial charge in [-0.3, -0.25) is 4.79 Å². The number of nitrogens with one attached hydrogen (secondary N) is 1. The summed E-state index contributed by atoms with van der Waals surface area (Å²) in [4.78, 5) is 13.7. The van der Waals surface area contributed by atoms with Crippen molar-refractivity contribution in [3.05, 3.63) is 30.3 Å². The van der Waals surface area contributed by atoms with E-state index in [1.54, 1.807) is 0 Å². The maximum atomic E-state index is 11.5. The van der Waals surface area contributed by atoms with E-state index in [1.807, 2.05) is 25.1 Å². The Morgan fingerprint density at radius 3 is 2.45 bits per heavy atom. The lowest BCUT2D eigenvalue weighted by Gasteiger charge is -2.19. The summed E-state index contributed by atoms with van der Waals surface area (Å²) in [6.07, 6.45) is 0.925. The van der Waals surface area contributed by atoms with Crippen LogP contribution in [0.4, 0.5) is 5.69 Å². The zero-order valence-corrected chi connectivity index (χ0v) is 13.7. The topological polar surface area (TPSA) is 58.4 Å². The standard InChI is InChI=1S/C14H23N3O.2ClH/c1-12(11-15)14(18)16-9-6-10-17(2)13-7-4-3-5-8-13;;/h3-5,7-8,12H,6,9-11,15H2,1-2H3,(H,16,18);2*1H. The lowest BCUT2D eigenvalue weighted by atomic mass is 10.1. The monoisotopic (exact) mass is 321 g/mol. The van der Waals surface area contributed by atoms with Crippen molar-refractivity contribution in [2.45, 2.75) is 13.3 Å². The summed E-state index contributed by atoms with van der Waals surface area (Å²) < 4.78 is 0. The molecule has 4 nitrogen and oxygen atoms in total. The highest BCUT2D eigenvalue weighted by Crippen LogP contribution is 2.10. The average molecular weight is 322 g/mol. The minimum atomic E-state index is -0.100. The van der Waals surface area contributed by atoms with Gasteiger partial charge in [0, 0.05) is 38.3 Å². The number of hydrogen-bond acceptors (Lipinski definition) is 3. The zero-order chi connectivity index (χ0) is 13.4. The summed E-state index contributed by atoms with van der Waals surface area (Å²) >= 11 is 0. The molecular weight excluding hydrogens is 297 g/mol. The smallest absolute Gasteiger partial charge is 0.224 e. The molecule has 1 atom stereocenters. The van der Waals surface area contributed by atoms with Gasteiger partial charge in [0.2, 0.25) is 5.91 Å². The highest BCUT2D eigenvalue weighted by molar-refractivity contribution is 5.85. The van der Waals surface area contributed by atoms with Gasteiger partial charge in [0.1, 0.15) is 0 Å². The molecule has 0 aromatic heterocycles. The first kappa shape index (κ1) is 21.3. The van der Waals surface area contributed by atoms with Crippen LogP contribution in [0.5, 0.6) is 0 Å². The van der Waals surface area contributed by atoms with Crippen LogP contribution >= 0.6 is 24.8 Å². The molecule has 0 saturated heterocycles. The number of hydrogen-bond donors (Lipinski definition) is 2. The van der Waals surface area contributed by atoms with Gasteiger partial charge in [-0.2, -0.15) is 0 Å². The van der Waals surface area contributed by atoms with E-state index in [2.05, 4.69) is 29.4 Å². The van der Waals surface area contributed by atoms with Crippen molar-refractivity contribution >= 4 is 36.4 Å². The van der Waals surface area contributed by atoms with Gasteiger partial charge in [0.25, 0.3) is 0 Å². The van der Waals surface area contributed by atoms with E-state index in [-0.39, 0.29) is 36.6 Å². The molecule has 0 heterocycles. The maximum Gasteiger partial charge on any atom is 0.224 e. The fourth-order valence-corrected chi connectivity index (χ4v) is 1.62. The van der Waals surface area contributed by atoms with Crippen LogP contribution in [0, 0.1) is 5.92 Å². The average Bonchev–Trinajstić information content (AvgIpc) is 2.43. The lowest BCUT2D eigenvalue weighted by Crippen LogP contribution is -2.35. The van der Waals surface area contributed by atoms with Crippen molar-refractivity contribution in [3.63, 3.8) is 0 Å². The molecule has 116 valence electrons. The quantitative estimate of drug-likeness (QED) is 0.756. The summed E-state index contributed by atoms with van der Waals surface area (Å²) in [6, 6.07) is 10.2. The molecule has 0 aliphatic rings. The number of carbonyl (C=O) groups is 1. The number of benzene rings is 1. The minimum Gasteiger partial charge on any atom is -0.375 e. The number of carbonyl (C=O) groups excluding carboxylic acids is 1. The molecule has 0 aliphatic heterocycles. The molecule has 0 saturated carbocycles. The van der Waals surface area contributed by atoms with Gasteiger partial charge >= 0.3 is 0 Å². The highest BCUT2D eigenvalue weighted by atomic mass is 35.5. The Morgan fingerprint density at radius 2 is 1.90 bits per heavy atom. The van der Waals surface area contributed by atoms with Crippen LogP contribution in [0.3, 0.4) is 0 Å². The van der Waals surface area contributed by atoms with Crippen molar-refractivity contribution in [2.75, 3.05) is 31.6 Å². The van der Waals surface area contributed by atoms with Gasteiger partial charge < -0.3 is 16.0 Å². The lowest BCUT2D eigenvalue weighted by molar-refractivity contribution is -0.124. The van der Waals surface area contributed by atoms with Gasteiger partial charge in [-0.15, -0.1) is 24.8 Å². The maximum absolute atomic E-state index is 11.5. The van der Waals surface area contributed by atoms with E-state index in [9.17, 15) is 4.79 Å². The molecule has 1 amide bonds. The number of rotatable bonds is 7. The zero-order valence-electron chi connectivity index (χ0n) is 12.0. The molecule has 3 N–H and O–H groups in total. The molecule has 6 heteroatoms. The minimum absolute atomic E-state index is 0. The second kappa shape index (κ2) is 11.8. The fraction of sp³-hybridized carbons (Fsp3) is 0.500. The second-order valence-electron chi connectivity index (χ2n) is 4.54. The van der Waals surface area contributed by atoms with E-state index in [4.69, 9.17) is 5.73 Å². The molecule has 0 radical (unpaired) electrons. The molecular formula is C14H25Cl2N3O. The molecule has 1 unspecified atom stereocenters. The van der Waals surface area contributed by atoms with Crippen LogP contribution in [-0.4, -0.2) is 32.6 Å². The Morgan fingerprint density at radius 1 is 1.30 bits per heavy atom. The van der Waals surface area contributed by atoms with Crippen LogP contribution in [0.1, 0.15) is 13.3 Å². The van der Waals surface area contributed by atoms with Crippen molar-refractivity contribution < 1.29 is 4.79 Å². The third-order valence-electron chi connectivity index (χ3n) is 2.97. The van der Waals surface area contributed by atoms with Gasteiger partial charge in [0.15, 0.2) is 0 Å². The van der Waals surface area contributed by atoms with E-state index >= 15 is 0 Å². The van der Waals surface area contributed by atoms with Crippen molar-refractivity contribution in [3.8, 4) is 0 Å². The van der Waals surface area contributed by atoms with E-state index in [0.29, 0.717) is 13.1 Å². The Hall–Kier alpha value is -0.970. The van der Waals surface area contributed by atoms with Crippen LogP contribution in [0.15, 0.2) is 30.3 Å². The number of nitrogens with two attached hydrogens (primary N) is 1. The van der Waals surface area contributed by atoms with Crippen molar-refractivity contribution in [1.29, 1.82) is 0 Å². The Balaban J connectivity index is 0. The molecule has 20 heavy (non-hydrogen) atoms. The largest absolute Gasteiger partial charge is 0.375 e.